The van der Waals surface area contributed by atoms with Gasteiger partial charge in [0.1, 0.15) is 5.82 Å². The van der Waals surface area contributed by atoms with Crippen LogP contribution in [0.25, 0.3) is 0 Å². The van der Waals surface area contributed by atoms with Gasteiger partial charge in [-0.25, -0.2) is 4.98 Å². The molecule has 2 rings (SSSR count). The fourth-order valence-corrected chi connectivity index (χ4v) is 1.96. The minimum Gasteiger partial charge on any atom is -0.340 e. The van der Waals surface area contributed by atoms with Crippen LogP contribution in [0, 0.1) is 20.8 Å². The van der Waals surface area contributed by atoms with Gasteiger partial charge in [0.15, 0.2) is 0 Å². The summed E-state index contributed by atoms with van der Waals surface area (Å²) in [5.41, 5.74) is 4.77. The van der Waals surface area contributed by atoms with E-state index in [1.165, 1.54) is 16.7 Å². The molecule has 1 heterocycles. The van der Waals surface area contributed by atoms with Gasteiger partial charge in [-0.15, -0.1) is 0 Å². The molecule has 1 N–H and O–H groups in total. The predicted octanol–water partition coefficient (Wildman–Crippen LogP) is 4.51. The van der Waals surface area contributed by atoms with Crippen molar-refractivity contribution in [3.63, 3.8) is 0 Å². The van der Waals surface area contributed by atoms with Crippen LogP contribution in [0.5, 0.6) is 0 Å². The molecule has 0 saturated carbocycles. The lowest BCUT2D eigenvalue weighted by atomic mass is 10.1. The fraction of sp³-hybridized carbons (Fsp3) is 0.214. The molecule has 0 aliphatic rings. The summed E-state index contributed by atoms with van der Waals surface area (Å²) in [6, 6.07) is 8.30. The quantitative estimate of drug-likeness (QED) is 0.880. The molecule has 0 spiro atoms. The van der Waals surface area contributed by atoms with Crippen LogP contribution in [0.1, 0.15) is 16.7 Å². The van der Waals surface area contributed by atoms with Crippen LogP contribution in [0.4, 0.5) is 11.5 Å². The molecule has 0 unspecified atom stereocenters. The first-order valence-corrected chi connectivity index (χ1v) is 6.32. The Bertz CT molecular complexity index is 530. The lowest BCUT2D eigenvalue weighted by Crippen LogP contribution is -1.98. The summed E-state index contributed by atoms with van der Waals surface area (Å²) in [6.07, 6.45) is 1.82. The van der Waals surface area contributed by atoms with Crippen LogP contribution in [0.2, 0.25) is 0 Å². The first-order chi connectivity index (χ1) is 8.08. The van der Waals surface area contributed by atoms with Crippen LogP contribution in [-0.4, -0.2) is 4.98 Å². The molecule has 2 nitrogen and oxygen atoms in total. The summed E-state index contributed by atoms with van der Waals surface area (Å²) < 4.78 is 1.03. The van der Waals surface area contributed by atoms with Crippen LogP contribution < -0.4 is 5.32 Å². The number of nitrogens with zero attached hydrogens (tertiary/aromatic N) is 1. The molecule has 17 heavy (non-hydrogen) atoms. The van der Waals surface area contributed by atoms with E-state index in [0.717, 1.165) is 16.0 Å². The second kappa shape index (κ2) is 4.88. The van der Waals surface area contributed by atoms with Gasteiger partial charge in [-0.3, -0.25) is 0 Å². The van der Waals surface area contributed by atoms with Gasteiger partial charge in [0.2, 0.25) is 0 Å². The second-order valence-electron chi connectivity index (χ2n) is 4.21. The van der Waals surface area contributed by atoms with E-state index < -0.39 is 0 Å². The normalized spacial score (nSPS) is 10.4. The summed E-state index contributed by atoms with van der Waals surface area (Å²) in [4.78, 5) is 4.36. The Kier molecular flexibility index (Phi) is 3.48. The van der Waals surface area contributed by atoms with Crippen LogP contribution in [0.3, 0.4) is 0 Å². The number of anilines is 2. The third kappa shape index (κ3) is 2.67. The molecule has 0 aliphatic heterocycles. The molecular weight excluding hydrogens is 276 g/mol. The predicted molar refractivity (Wildman–Crippen MR) is 75.9 cm³/mol. The Morgan fingerprint density at radius 2 is 1.71 bits per heavy atom. The molecule has 0 amide bonds. The van der Waals surface area contributed by atoms with Crippen molar-refractivity contribution in [2.75, 3.05) is 5.32 Å². The summed E-state index contributed by atoms with van der Waals surface area (Å²) >= 11 is 3.45. The molecule has 0 radical (unpaired) electrons. The summed E-state index contributed by atoms with van der Waals surface area (Å²) in [6.45, 7) is 6.25. The molecule has 1 aromatic carbocycles. The standard InChI is InChI=1S/C14H15BrN2/c1-9-5-4-6-10(2)14(9)17-13-7-11(3)12(15)8-16-13/h4-8H,1-3H3,(H,16,17). The van der Waals surface area contributed by atoms with E-state index in [2.05, 4.69) is 65.2 Å². The zero-order valence-electron chi connectivity index (χ0n) is 10.2. The maximum absolute atomic E-state index is 4.36. The highest BCUT2D eigenvalue weighted by molar-refractivity contribution is 9.10. The molecule has 0 aliphatic carbocycles. The average molecular weight is 291 g/mol. The molecule has 0 fully saturated rings. The van der Waals surface area contributed by atoms with Gasteiger partial charge in [-0.2, -0.15) is 0 Å². The lowest BCUT2D eigenvalue weighted by Gasteiger charge is -2.12. The number of para-hydroxylation sites is 1. The van der Waals surface area contributed by atoms with Crippen molar-refractivity contribution in [3.05, 3.63) is 51.6 Å². The van der Waals surface area contributed by atoms with Crippen molar-refractivity contribution >= 4 is 27.4 Å². The van der Waals surface area contributed by atoms with Crippen molar-refractivity contribution < 1.29 is 0 Å². The van der Waals surface area contributed by atoms with E-state index >= 15 is 0 Å². The summed E-state index contributed by atoms with van der Waals surface area (Å²) in [5, 5.41) is 3.38. The zero-order valence-corrected chi connectivity index (χ0v) is 11.8. The Balaban J connectivity index is 2.35. The second-order valence-corrected chi connectivity index (χ2v) is 5.06. The van der Waals surface area contributed by atoms with E-state index in [-0.39, 0.29) is 0 Å². The largest absolute Gasteiger partial charge is 0.340 e. The topological polar surface area (TPSA) is 24.9 Å². The number of pyridine rings is 1. The van der Waals surface area contributed by atoms with E-state index in [9.17, 15) is 0 Å². The number of hydrogen-bond donors (Lipinski definition) is 1. The molecule has 3 heteroatoms. The van der Waals surface area contributed by atoms with Crippen molar-refractivity contribution in [2.45, 2.75) is 20.8 Å². The minimum atomic E-state index is 0.878. The van der Waals surface area contributed by atoms with Gasteiger partial charge in [0.05, 0.1) is 0 Å². The SMILES string of the molecule is Cc1cc(Nc2c(C)cccc2C)ncc1Br. The Hall–Kier alpha value is -1.35. The first-order valence-electron chi connectivity index (χ1n) is 5.53. The Labute approximate surface area is 110 Å². The van der Waals surface area contributed by atoms with Crippen molar-refractivity contribution in [3.8, 4) is 0 Å². The zero-order chi connectivity index (χ0) is 12.4. The van der Waals surface area contributed by atoms with Gasteiger partial charge < -0.3 is 5.32 Å². The van der Waals surface area contributed by atoms with E-state index in [1.807, 2.05) is 12.3 Å². The first kappa shape index (κ1) is 12.1. The summed E-state index contributed by atoms with van der Waals surface area (Å²) in [5.74, 6) is 0.878. The number of halogens is 1. The lowest BCUT2D eigenvalue weighted by molar-refractivity contribution is 1.24. The van der Waals surface area contributed by atoms with Gasteiger partial charge in [0, 0.05) is 16.4 Å². The highest BCUT2D eigenvalue weighted by atomic mass is 79.9. The number of hydrogen-bond acceptors (Lipinski definition) is 2. The van der Waals surface area contributed by atoms with Crippen molar-refractivity contribution in [1.82, 2.24) is 4.98 Å². The highest BCUT2D eigenvalue weighted by Crippen LogP contribution is 2.25. The smallest absolute Gasteiger partial charge is 0.130 e. The number of rotatable bonds is 2. The molecule has 0 bridgehead atoms. The van der Waals surface area contributed by atoms with Gasteiger partial charge in [-0.05, 0) is 59.5 Å². The maximum atomic E-state index is 4.36. The average Bonchev–Trinajstić information content (AvgIpc) is 2.28. The van der Waals surface area contributed by atoms with Crippen LogP contribution in [0.15, 0.2) is 34.9 Å². The fourth-order valence-electron chi connectivity index (χ4n) is 1.75. The summed E-state index contributed by atoms with van der Waals surface area (Å²) in [7, 11) is 0. The van der Waals surface area contributed by atoms with Gasteiger partial charge in [0.25, 0.3) is 0 Å². The van der Waals surface area contributed by atoms with E-state index in [0.29, 0.717) is 0 Å². The Morgan fingerprint density at radius 1 is 1.06 bits per heavy atom. The molecule has 1 aromatic heterocycles. The molecule has 0 atom stereocenters. The third-order valence-electron chi connectivity index (χ3n) is 2.78. The monoisotopic (exact) mass is 290 g/mol. The molecular formula is C14H15BrN2. The number of aryl methyl sites for hydroxylation is 3. The van der Waals surface area contributed by atoms with Gasteiger partial charge >= 0.3 is 0 Å². The number of benzene rings is 1. The van der Waals surface area contributed by atoms with Crippen LogP contribution in [-0.2, 0) is 0 Å². The van der Waals surface area contributed by atoms with E-state index in [1.54, 1.807) is 0 Å². The molecule has 2 aromatic rings. The number of nitrogens with one attached hydrogen (secondary N) is 1. The van der Waals surface area contributed by atoms with E-state index in [4.69, 9.17) is 0 Å². The van der Waals surface area contributed by atoms with Crippen LogP contribution >= 0.6 is 15.9 Å². The van der Waals surface area contributed by atoms with Crippen molar-refractivity contribution in [2.24, 2.45) is 0 Å². The number of aromatic nitrogens is 1. The maximum Gasteiger partial charge on any atom is 0.130 e. The Morgan fingerprint density at radius 3 is 2.29 bits per heavy atom. The molecule has 88 valence electrons. The highest BCUT2D eigenvalue weighted by Gasteiger charge is 2.04. The minimum absolute atomic E-state index is 0.878. The third-order valence-corrected chi connectivity index (χ3v) is 3.61. The molecule has 0 saturated heterocycles. The van der Waals surface area contributed by atoms with Crippen molar-refractivity contribution in [1.29, 1.82) is 0 Å². The van der Waals surface area contributed by atoms with Gasteiger partial charge in [-0.1, -0.05) is 18.2 Å².